The lowest BCUT2D eigenvalue weighted by molar-refractivity contribution is 0.0520. The second kappa shape index (κ2) is 6.47. The van der Waals surface area contributed by atoms with Gasteiger partial charge in [-0.1, -0.05) is 6.07 Å². The fraction of sp³-hybridized carbons (Fsp3) is 0.286. The molecule has 0 radical (unpaired) electrons. The number of anilines is 2. The molecule has 106 valence electrons. The Morgan fingerprint density at radius 3 is 2.90 bits per heavy atom. The molecule has 0 saturated carbocycles. The highest BCUT2D eigenvalue weighted by atomic mass is 32.1. The molecular formula is C14H15FN2O2S. The average molecular weight is 294 g/mol. The number of esters is 1. The third kappa shape index (κ3) is 3.14. The molecule has 0 saturated heterocycles. The molecule has 0 bridgehead atoms. The van der Waals surface area contributed by atoms with E-state index in [4.69, 9.17) is 4.74 Å². The maximum absolute atomic E-state index is 13.3. The van der Waals surface area contributed by atoms with Gasteiger partial charge in [-0.2, -0.15) is 0 Å². The van der Waals surface area contributed by atoms with Crippen LogP contribution in [0.15, 0.2) is 29.6 Å². The van der Waals surface area contributed by atoms with Crippen molar-refractivity contribution in [1.82, 2.24) is 4.98 Å². The summed E-state index contributed by atoms with van der Waals surface area (Å²) in [6.45, 7) is 4.62. The molecule has 1 aromatic heterocycles. The number of rotatable bonds is 5. The number of thiazole rings is 1. The smallest absolute Gasteiger partial charge is 0.357 e. The molecule has 0 aliphatic carbocycles. The lowest BCUT2D eigenvalue weighted by Crippen LogP contribution is -2.16. The summed E-state index contributed by atoms with van der Waals surface area (Å²) in [6.07, 6.45) is 0. The molecule has 1 aromatic carbocycles. The number of halogens is 1. The van der Waals surface area contributed by atoms with E-state index in [-0.39, 0.29) is 11.5 Å². The number of hydrogen-bond donors (Lipinski definition) is 0. The molecular weight excluding hydrogens is 279 g/mol. The molecule has 1 heterocycles. The SMILES string of the molecule is CCOC(=O)c1csc(N(CC)c2cccc(F)c2)n1. The van der Waals surface area contributed by atoms with Crippen LogP contribution >= 0.6 is 11.3 Å². The van der Waals surface area contributed by atoms with E-state index in [1.807, 2.05) is 11.8 Å². The summed E-state index contributed by atoms with van der Waals surface area (Å²) in [4.78, 5) is 17.7. The van der Waals surface area contributed by atoms with Crippen LogP contribution in [-0.2, 0) is 4.74 Å². The molecule has 0 aliphatic rings. The molecule has 0 aliphatic heterocycles. The van der Waals surface area contributed by atoms with E-state index in [9.17, 15) is 9.18 Å². The fourth-order valence-corrected chi connectivity index (χ4v) is 2.64. The summed E-state index contributed by atoms with van der Waals surface area (Å²) < 4.78 is 18.2. The van der Waals surface area contributed by atoms with Gasteiger partial charge in [0.2, 0.25) is 0 Å². The molecule has 0 spiro atoms. The molecule has 0 fully saturated rings. The van der Waals surface area contributed by atoms with Gasteiger partial charge in [0.25, 0.3) is 0 Å². The molecule has 2 rings (SSSR count). The second-order valence-corrected chi connectivity index (χ2v) is 4.80. The Morgan fingerprint density at radius 1 is 1.45 bits per heavy atom. The van der Waals surface area contributed by atoms with Gasteiger partial charge in [-0.15, -0.1) is 11.3 Å². The van der Waals surface area contributed by atoms with Crippen molar-refractivity contribution in [2.75, 3.05) is 18.1 Å². The highest BCUT2D eigenvalue weighted by Gasteiger charge is 2.16. The van der Waals surface area contributed by atoms with Crippen LogP contribution < -0.4 is 4.90 Å². The Balaban J connectivity index is 2.26. The molecule has 2 aromatic rings. The third-order valence-corrected chi connectivity index (χ3v) is 3.51. The standard InChI is InChI=1S/C14H15FN2O2S/c1-3-17(11-7-5-6-10(15)8-11)14-16-12(9-20-14)13(18)19-4-2/h5-9H,3-4H2,1-2H3. The highest BCUT2D eigenvalue weighted by Crippen LogP contribution is 2.28. The summed E-state index contributed by atoms with van der Waals surface area (Å²) in [5.74, 6) is -0.742. The maximum Gasteiger partial charge on any atom is 0.357 e. The second-order valence-electron chi connectivity index (χ2n) is 3.96. The topological polar surface area (TPSA) is 42.4 Å². The number of carbonyl (C=O) groups excluding carboxylic acids is 1. The quantitative estimate of drug-likeness (QED) is 0.790. The van der Waals surface area contributed by atoms with Gasteiger partial charge in [0.1, 0.15) is 5.82 Å². The molecule has 4 nitrogen and oxygen atoms in total. The van der Waals surface area contributed by atoms with E-state index in [1.54, 1.807) is 24.4 Å². The van der Waals surface area contributed by atoms with Crippen molar-refractivity contribution in [2.24, 2.45) is 0 Å². The average Bonchev–Trinajstić information content (AvgIpc) is 2.90. The van der Waals surface area contributed by atoms with E-state index < -0.39 is 5.97 Å². The lowest BCUT2D eigenvalue weighted by atomic mass is 10.3. The minimum atomic E-state index is -0.440. The summed E-state index contributed by atoms with van der Waals surface area (Å²) >= 11 is 1.33. The zero-order valence-electron chi connectivity index (χ0n) is 11.3. The first-order valence-electron chi connectivity index (χ1n) is 6.31. The lowest BCUT2D eigenvalue weighted by Gasteiger charge is -2.19. The van der Waals surface area contributed by atoms with Crippen molar-refractivity contribution >= 4 is 28.1 Å². The van der Waals surface area contributed by atoms with Gasteiger partial charge in [0.15, 0.2) is 10.8 Å². The minimum Gasteiger partial charge on any atom is -0.461 e. The third-order valence-electron chi connectivity index (χ3n) is 2.64. The first kappa shape index (κ1) is 14.5. The first-order valence-corrected chi connectivity index (χ1v) is 7.19. The van der Waals surface area contributed by atoms with Gasteiger partial charge < -0.3 is 9.64 Å². The highest BCUT2D eigenvalue weighted by molar-refractivity contribution is 7.14. The molecule has 0 unspecified atom stereocenters. The molecule has 20 heavy (non-hydrogen) atoms. The van der Waals surface area contributed by atoms with E-state index in [2.05, 4.69) is 4.98 Å². The summed E-state index contributed by atoms with van der Waals surface area (Å²) in [6, 6.07) is 6.28. The van der Waals surface area contributed by atoms with Crippen LogP contribution in [0, 0.1) is 5.82 Å². The Bertz CT molecular complexity index is 600. The van der Waals surface area contributed by atoms with Crippen molar-refractivity contribution < 1.29 is 13.9 Å². The number of carbonyl (C=O) groups is 1. The van der Waals surface area contributed by atoms with Crippen LogP contribution in [0.2, 0.25) is 0 Å². The largest absolute Gasteiger partial charge is 0.461 e. The van der Waals surface area contributed by atoms with Gasteiger partial charge in [0, 0.05) is 17.6 Å². The normalized spacial score (nSPS) is 10.3. The van der Waals surface area contributed by atoms with Crippen LogP contribution in [0.1, 0.15) is 24.3 Å². The molecule has 6 heteroatoms. The van der Waals surface area contributed by atoms with Crippen LogP contribution in [0.5, 0.6) is 0 Å². The van der Waals surface area contributed by atoms with Crippen molar-refractivity contribution in [3.05, 3.63) is 41.2 Å². The van der Waals surface area contributed by atoms with Gasteiger partial charge in [-0.3, -0.25) is 0 Å². The Labute approximate surface area is 120 Å². The number of nitrogens with zero attached hydrogens (tertiary/aromatic N) is 2. The van der Waals surface area contributed by atoms with E-state index in [0.29, 0.717) is 24.0 Å². The number of ether oxygens (including phenoxy) is 1. The summed E-state index contributed by atoms with van der Waals surface area (Å²) in [5.41, 5.74) is 0.985. The van der Waals surface area contributed by atoms with E-state index in [1.165, 1.54) is 23.5 Å². The van der Waals surface area contributed by atoms with Crippen LogP contribution in [0.4, 0.5) is 15.2 Å². The Hall–Kier alpha value is -1.95. The zero-order valence-corrected chi connectivity index (χ0v) is 12.1. The predicted molar refractivity (Wildman–Crippen MR) is 77.2 cm³/mol. The van der Waals surface area contributed by atoms with Crippen molar-refractivity contribution in [1.29, 1.82) is 0 Å². The van der Waals surface area contributed by atoms with Crippen molar-refractivity contribution in [3.8, 4) is 0 Å². The number of benzene rings is 1. The fourth-order valence-electron chi connectivity index (χ4n) is 1.76. The van der Waals surface area contributed by atoms with Gasteiger partial charge in [-0.25, -0.2) is 14.2 Å². The zero-order chi connectivity index (χ0) is 14.5. The predicted octanol–water partition coefficient (Wildman–Crippen LogP) is 3.62. The Morgan fingerprint density at radius 2 is 2.25 bits per heavy atom. The summed E-state index contributed by atoms with van der Waals surface area (Å²) in [5, 5.41) is 2.29. The van der Waals surface area contributed by atoms with Crippen molar-refractivity contribution in [3.63, 3.8) is 0 Å². The van der Waals surface area contributed by atoms with E-state index in [0.717, 1.165) is 0 Å². The van der Waals surface area contributed by atoms with Crippen LogP contribution in [0.3, 0.4) is 0 Å². The van der Waals surface area contributed by atoms with Crippen molar-refractivity contribution in [2.45, 2.75) is 13.8 Å². The van der Waals surface area contributed by atoms with Gasteiger partial charge in [-0.05, 0) is 32.0 Å². The number of aromatic nitrogens is 1. The first-order chi connectivity index (χ1) is 9.65. The molecule has 0 amide bonds. The molecule has 0 atom stereocenters. The monoisotopic (exact) mass is 294 g/mol. The van der Waals surface area contributed by atoms with Crippen LogP contribution in [-0.4, -0.2) is 24.1 Å². The maximum atomic E-state index is 13.3. The van der Waals surface area contributed by atoms with Gasteiger partial charge >= 0.3 is 5.97 Å². The number of hydrogen-bond acceptors (Lipinski definition) is 5. The Kier molecular flexibility index (Phi) is 4.68. The minimum absolute atomic E-state index is 0.279. The van der Waals surface area contributed by atoms with Gasteiger partial charge in [0.05, 0.1) is 6.61 Å². The molecule has 0 N–H and O–H groups in total. The summed E-state index contributed by atoms with van der Waals surface area (Å²) in [7, 11) is 0. The van der Waals surface area contributed by atoms with E-state index >= 15 is 0 Å². The van der Waals surface area contributed by atoms with Crippen LogP contribution in [0.25, 0.3) is 0 Å².